The standard InChI is InChI=1S/C12H19N5O8/c13-3-8(19)15-4-9(20)16-5(1-7(14)18)11(23)17-6(12(24)25)2-10(21)22/h5-6H,1-4,13H2,(H2,14,18)(H,15,19)(H,16,20)(H,17,23)(H,21,22)(H,24,25)/t5-,6-/m0/s1. The third kappa shape index (κ3) is 9.50. The average molecular weight is 361 g/mol. The van der Waals surface area contributed by atoms with Gasteiger partial charge in [-0.25, -0.2) is 4.79 Å². The van der Waals surface area contributed by atoms with E-state index in [1.54, 1.807) is 0 Å². The second kappa shape index (κ2) is 10.5. The number of carbonyl (C=O) groups excluding carboxylic acids is 4. The van der Waals surface area contributed by atoms with Crippen LogP contribution < -0.4 is 27.4 Å². The normalized spacial score (nSPS) is 12.4. The number of amides is 4. The van der Waals surface area contributed by atoms with Gasteiger partial charge in [-0.05, 0) is 0 Å². The van der Waals surface area contributed by atoms with Crippen LogP contribution in [0.5, 0.6) is 0 Å². The van der Waals surface area contributed by atoms with Gasteiger partial charge in [-0.3, -0.25) is 24.0 Å². The molecule has 0 fully saturated rings. The molecule has 0 rings (SSSR count). The number of rotatable bonds is 11. The van der Waals surface area contributed by atoms with Crippen molar-refractivity contribution in [3.63, 3.8) is 0 Å². The summed E-state index contributed by atoms with van der Waals surface area (Å²) < 4.78 is 0. The number of carboxylic acids is 2. The molecule has 0 saturated carbocycles. The first kappa shape index (κ1) is 21.8. The third-order valence-electron chi connectivity index (χ3n) is 2.68. The molecule has 0 saturated heterocycles. The van der Waals surface area contributed by atoms with Gasteiger partial charge in [-0.1, -0.05) is 0 Å². The number of nitrogens with one attached hydrogen (secondary N) is 3. The van der Waals surface area contributed by atoms with Gasteiger partial charge >= 0.3 is 11.9 Å². The van der Waals surface area contributed by atoms with Crippen LogP contribution in [-0.4, -0.2) is 71.0 Å². The largest absolute Gasteiger partial charge is 0.481 e. The van der Waals surface area contributed by atoms with E-state index in [2.05, 4.69) is 10.6 Å². The fourth-order valence-electron chi connectivity index (χ4n) is 1.55. The maximum atomic E-state index is 12.0. The van der Waals surface area contributed by atoms with Crippen LogP contribution in [0.15, 0.2) is 0 Å². The van der Waals surface area contributed by atoms with Gasteiger partial charge in [-0.2, -0.15) is 0 Å². The maximum Gasteiger partial charge on any atom is 0.326 e. The summed E-state index contributed by atoms with van der Waals surface area (Å²) in [5.41, 5.74) is 9.98. The minimum atomic E-state index is -1.77. The average Bonchev–Trinajstić information content (AvgIpc) is 2.50. The molecule has 0 aromatic heterocycles. The van der Waals surface area contributed by atoms with Crippen LogP contribution >= 0.6 is 0 Å². The molecule has 25 heavy (non-hydrogen) atoms. The van der Waals surface area contributed by atoms with E-state index in [0.29, 0.717) is 0 Å². The fraction of sp³-hybridized carbons (Fsp3) is 0.500. The van der Waals surface area contributed by atoms with Crippen molar-refractivity contribution >= 4 is 35.6 Å². The number of carboxylic acid groups (broad SMARTS) is 2. The number of carbonyl (C=O) groups is 6. The number of nitrogens with two attached hydrogens (primary N) is 2. The summed E-state index contributed by atoms with van der Waals surface area (Å²) in [7, 11) is 0. The van der Waals surface area contributed by atoms with Crippen LogP contribution in [0.25, 0.3) is 0 Å². The lowest BCUT2D eigenvalue weighted by molar-refractivity contribution is -0.147. The molecule has 0 spiro atoms. The van der Waals surface area contributed by atoms with Gasteiger partial charge in [0.15, 0.2) is 0 Å². The number of aliphatic carboxylic acids is 2. The molecule has 0 aromatic carbocycles. The Morgan fingerprint density at radius 2 is 1.48 bits per heavy atom. The molecular weight excluding hydrogens is 342 g/mol. The van der Waals surface area contributed by atoms with Crippen molar-refractivity contribution in [2.24, 2.45) is 11.5 Å². The second-order valence-electron chi connectivity index (χ2n) is 4.77. The summed E-state index contributed by atoms with van der Waals surface area (Å²) >= 11 is 0. The summed E-state index contributed by atoms with van der Waals surface area (Å²) in [4.78, 5) is 67.1. The van der Waals surface area contributed by atoms with Gasteiger partial charge in [0.1, 0.15) is 12.1 Å². The van der Waals surface area contributed by atoms with Gasteiger partial charge in [0.05, 0.1) is 25.9 Å². The monoisotopic (exact) mass is 361 g/mol. The molecule has 4 amide bonds. The highest BCUT2D eigenvalue weighted by Crippen LogP contribution is 1.98. The van der Waals surface area contributed by atoms with Crippen LogP contribution in [0, 0.1) is 0 Å². The first-order valence-corrected chi connectivity index (χ1v) is 6.86. The summed E-state index contributed by atoms with van der Waals surface area (Å²) in [6.45, 7) is -0.913. The predicted octanol–water partition coefficient (Wildman–Crippen LogP) is -4.53. The SMILES string of the molecule is NCC(=O)NCC(=O)N[C@@H](CC(N)=O)C(=O)N[C@@H](CC(=O)O)C(=O)O. The minimum absolute atomic E-state index is 0.367. The topological polar surface area (TPSA) is 231 Å². The molecular formula is C12H19N5O8. The summed E-state index contributed by atoms with van der Waals surface area (Å²) in [6.07, 6.45) is -1.58. The van der Waals surface area contributed by atoms with Crippen LogP contribution in [0.2, 0.25) is 0 Å². The Bertz CT molecular complexity index is 564. The van der Waals surface area contributed by atoms with Crippen LogP contribution in [0.1, 0.15) is 12.8 Å². The molecule has 0 heterocycles. The van der Waals surface area contributed by atoms with E-state index in [9.17, 15) is 28.8 Å². The van der Waals surface area contributed by atoms with E-state index in [0.717, 1.165) is 0 Å². The molecule has 0 unspecified atom stereocenters. The lowest BCUT2D eigenvalue weighted by Crippen LogP contribution is -2.54. The number of hydrogen-bond acceptors (Lipinski definition) is 7. The van der Waals surface area contributed by atoms with Crippen LogP contribution in [0.4, 0.5) is 0 Å². The van der Waals surface area contributed by atoms with Crippen molar-refractivity contribution in [3.05, 3.63) is 0 Å². The van der Waals surface area contributed by atoms with Crippen molar-refractivity contribution in [2.45, 2.75) is 24.9 Å². The van der Waals surface area contributed by atoms with Crippen LogP contribution in [0.3, 0.4) is 0 Å². The van der Waals surface area contributed by atoms with E-state index < -0.39 is 67.0 Å². The zero-order valence-corrected chi connectivity index (χ0v) is 13.0. The van der Waals surface area contributed by atoms with Crippen molar-refractivity contribution in [3.8, 4) is 0 Å². The Morgan fingerprint density at radius 1 is 0.880 bits per heavy atom. The van der Waals surface area contributed by atoms with Crippen molar-refractivity contribution in [1.29, 1.82) is 0 Å². The Kier molecular flexibility index (Phi) is 9.18. The zero-order chi connectivity index (χ0) is 19.6. The smallest absolute Gasteiger partial charge is 0.326 e. The van der Waals surface area contributed by atoms with Gasteiger partial charge in [-0.15, -0.1) is 0 Å². The Balaban J connectivity index is 4.93. The summed E-state index contributed by atoms with van der Waals surface area (Å²) in [5.74, 6) is -6.70. The number of hydrogen-bond donors (Lipinski definition) is 7. The molecule has 0 aliphatic rings. The Labute approximate surface area is 141 Å². The molecule has 9 N–H and O–H groups in total. The summed E-state index contributed by atoms with van der Waals surface area (Å²) in [6, 6.07) is -3.32. The van der Waals surface area contributed by atoms with Crippen LogP contribution in [-0.2, 0) is 28.8 Å². The van der Waals surface area contributed by atoms with Crippen molar-refractivity contribution in [1.82, 2.24) is 16.0 Å². The van der Waals surface area contributed by atoms with Crippen molar-refractivity contribution in [2.75, 3.05) is 13.1 Å². The molecule has 0 aromatic rings. The first-order valence-electron chi connectivity index (χ1n) is 6.86. The van der Waals surface area contributed by atoms with E-state index in [1.807, 2.05) is 5.32 Å². The highest BCUT2D eigenvalue weighted by Gasteiger charge is 2.29. The van der Waals surface area contributed by atoms with Gasteiger partial charge in [0, 0.05) is 0 Å². The van der Waals surface area contributed by atoms with Crippen molar-refractivity contribution < 1.29 is 39.0 Å². The van der Waals surface area contributed by atoms with E-state index in [1.165, 1.54) is 0 Å². The molecule has 0 aliphatic carbocycles. The van der Waals surface area contributed by atoms with E-state index in [4.69, 9.17) is 21.7 Å². The van der Waals surface area contributed by atoms with E-state index in [-0.39, 0.29) is 6.54 Å². The van der Waals surface area contributed by atoms with Gasteiger partial charge in [0.25, 0.3) is 0 Å². The first-order chi connectivity index (χ1) is 11.6. The highest BCUT2D eigenvalue weighted by atomic mass is 16.4. The fourth-order valence-corrected chi connectivity index (χ4v) is 1.55. The quantitative estimate of drug-likeness (QED) is 0.187. The molecule has 0 bridgehead atoms. The molecule has 140 valence electrons. The molecule has 0 aliphatic heterocycles. The lowest BCUT2D eigenvalue weighted by Gasteiger charge is -2.20. The minimum Gasteiger partial charge on any atom is -0.481 e. The van der Waals surface area contributed by atoms with Gasteiger partial charge in [0.2, 0.25) is 23.6 Å². The predicted molar refractivity (Wildman–Crippen MR) is 79.6 cm³/mol. The Hall–Kier alpha value is -3.22. The summed E-state index contributed by atoms with van der Waals surface area (Å²) in [5, 5.41) is 23.6. The molecule has 0 radical (unpaired) electrons. The second-order valence-corrected chi connectivity index (χ2v) is 4.77. The molecule has 13 heteroatoms. The highest BCUT2D eigenvalue weighted by molar-refractivity contribution is 5.95. The number of primary amides is 1. The lowest BCUT2D eigenvalue weighted by atomic mass is 10.1. The van der Waals surface area contributed by atoms with E-state index >= 15 is 0 Å². The van der Waals surface area contributed by atoms with Gasteiger partial charge < -0.3 is 37.6 Å². The Morgan fingerprint density at radius 3 is 1.92 bits per heavy atom. The zero-order valence-electron chi connectivity index (χ0n) is 13.0. The molecule has 13 nitrogen and oxygen atoms in total. The maximum absolute atomic E-state index is 12.0. The third-order valence-corrected chi connectivity index (χ3v) is 2.68. The molecule has 2 atom stereocenters.